The van der Waals surface area contributed by atoms with Gasteiger partial charge in [-0.05, 0) is 35.9 Å². The smallest absolute Gasteiger partial charge is 0.254 e. The van der Waals surface area contributed by atoms with Crippen LogP contribution in [0.3, 0.4) is 0 Å². The maximum atomic E-state index is 13.2. The molecule has 1 fully saturated rings. The van der Waals surface area contributed by atoms with E-state index in [1.54, 1.807) is 17.3 Å². The van der Waals surface area contributed by atoms with E-state index in [2.05, 4.69) is 4.98 Å². The van der Waals surface area contributed by atoms with Gasteiger partial charge in [0.15, 0.2) is 0 Å². The van der Waals surface area contributed by atoms with Gasteiger partial charge in [-0.25, -0.2) is 4.39 Å². The zero-order valence-electron chi connectivity index (χ0n) is 11.7. The number of hydrogen-bond donors (Lipinski definition) is 0. The van der Waals surface area contributed by atoms with Crippen LogP contribution in [0.2, 0.25) is 5.02 Å². The van der Waals surface area contributed by atoms with Crippen LogP contribution < -0.4 is 0 Å². The summed E-state index contributed by atoms with van der Waals surface area (Å²) >= 11 is 5.74. The highest BCUT2D eigenvalue weighted by atomic mass is 35.5. The van der Waals surface area contributed by atoms with Gasteiger partial charge in [0, 0.05) is 24.5 Å². The SMILES string of the molecule is O=C(c1ccc(F)c(Cl)c1)N1CCO[C@H](c2ccncc2)C1. The van der Waals surface area contributed by atoms with Crippen LogP contribution in [0.25, 0.3) is 0 Å². The summed E-state index contributed by atoms with van der Waals surface area (Å²) in [6.45, 7) is 1.39. The normalized spacial score (nSPS) is 18.3. The number of carbonyl (C=O) groups is 1. The number of benzene rings is 1. The fraction of sp³-hybridized carbons (Fsp3) is 0.250. The number of morpholine rings is 1. The van der Waals surface area contributed by atoms with E-state index in [4.69, 9.17) is 16.3 Å². The standard InChI is InChI=1S/C16H14ClFN2O2/c17-13-9-12(1-2-14(13)18)16(21)20-7-8-22-15(10-20)11-3-5-19-6-4-11/h1-6,9,15H,7-8,10H2/t15-/m0/s1. The summed E-state index contributed by atoms with van der Waals surface area (Å²) in [4.78, 5) is 18.2. The van der Waals surface area contributed by atoms with E-state index in [1.807, 2.05) is 12.1 Å². The Labute approximate surface area is 132 Å². The Morgan fingerprint density at radius 1 is 1.32 bits per heavy atom. The van der Waals surface area contributed by atoms with Crippen molar-refractivity contribution in [3.8, 4) is 0 Å². The molecule has 1 aliphatic rings. The minimum atomic E-state index is -0.533. The first kappa shape index (κ1) is 14.9. The Hall–Kier alpha value is -1.98. The Morgan fingerprint density at radius 3 is 2.82 bits per heavy atom. The van der Waals surface area contributed by atoms with Gasteiger partial charge in [-0.15, -0.1) is 0 Å². The zero-order valence-corrected chi connectivity index (χ0v) is 12.5. The molecule has 1 amide bonds. The maximum absolute atomic E-state index is 13.2. The molecule has 0 unspecified atom stereocenters. The van der Waals surface area contributed by atoms with Crippen molar-refractivity contribution in [3.05, 3.63) is 64.7 Å². The average molecular weight is 321 g/mol. The predicted molar refractivity (Wildman–Crippen MR) is 80.2 cm³/mol. The highest BCUT2D eigenvalue weighted by molar-refractivity contribution is 6.31. The number of pyridine rings is 1. The van der Waals surface area contributed by atoms with Crippen molar-refractivity contribution < 1.29 is 13.9 Å². The molecular weight excluding hydrogens is 307 g/mol. The lowest BCUT2D eigenvalue weighted by molar-refractivity contribution is -0.0228. The van der Waals surface area contributed by atoms with Gasteiger partial charge < -0.3 is 9.64 Å². The van der Waals surface area contributed by atoms with E-state index in [1.165, 1.54) is 18.2 Å². The number of aromatic nitrogens is 1. The molecule has 3 rings (SSSR count). The van der Waals surface area contributed by atoms with Gasteiger partial charge >= 0.3 is 0 Å². The van der Waals surface area contributed by atoms with Crippen LogP contribution in [0, 0.1) is 5.82 Å². The van der Waals surface area contributed by atoms with Crippen LogP contribution in [0.4, 0.5) is 4.39 Å². The molecule has 2 heterocycles. The molecule has 1 saturated heterocycles. The van der Waals surface area contributed by atoms with Crippen molar-refractivity contribution in [2.75, 3.05) is 19.7 Å². The molecule has 0 bridgehead atoms. The Balaban J connectivity index is 1.76. The summed E-state index contributed by atoms with van der Waals surface area (Å²) < 4.78 is 18.9. The second-order valence-corrected chi connectivity index (χ2v) is 5.43. The Bertz CT molecular complexity index is 681. The molecular formula is C16H14ClFN2O2. The maximum Gasteiger partial charge on any atom is 0.254 e. The van der Waals surface area contributed by atoms with Crippen LogP contribution in [0.5, 0.6) is 0 Å². The number of rotatable bonds is 2. The third kappa shape index (κ3) is 3.10. The molecule has 0 saturated carbocycles. The summed E-state index contributed by atoms with van der Waals surface area (Å²) in [6.07, 6.45) is 3.20. The number of amides is 1. The number of carbonyl (C=O) groups excluding carboxylic acids is 1. The molecule has 0 aliphatic carbocycles. The quantitative estimate of drug-likeness (QED) is 0.854. The van der Waals surface area contributed by atoms with E-state index in [0.717, 1.165) is 5.56 Å². The highest BCUT2D eigenvalue weighted by Gasteiger charge is 2.26. The average Bonchev–Trinajstić information content (AvgIpc) is 2.57. The van der Waals surface area contributed by atoms with Crippen LogP contribution in [0.1, 0.15) is 22.0 Å². The summed E-state index contributed by atoms with van der Waals surface area (Å²) in [5.41, 5.74) is 1.35. The number of hydrogen-bond acceptors (Lipinski definition) is 3. The van der Waals surface area contributed by atoms with Crippen LogP contribution in [-0.2, 0) is 4.74 Å². The Morgan fingerprint density at radius 2 is 2.09 bits per heavy atom. The van der Waals surface area contributed by atoms with E-state index in [0.29, 0.717) is 25.3 Å². The van der Waals surface area contributed by atoms with Crippen LogP contribution >= 0.6 is 11.6 Å². The first-order valence-corrected chi connectivity index (χ1v) is 7.29. The Kier molecular flexibility index (Phi) is 4.36. The molecule has 4 nitrogen and oxygen atoms in total. The van der Waals surface area contributed by atoms with Gasteiger partial charge in [0.1, 0.15) is 11.9 Å². The molecule has 2 aromatic rings. The lowest BCUT2D eigenvalue weighted by Gasteiger charge is -2.33. The second-order valence-electron chi connectivity index (χ2n) is 5.02. The fourth-order valence-corrected chi connectivity index (χ4v) is 2.61. The molecule has 6 heteroatoms. The summed E-state index contributed by atoms with van der Waals surface area (Å²) in [5.74, 6) is -0.709. The van der Waals surface area contributed by atoms with Crippen molar-refractivity contribution in [3.63, 3.8) is 0 Å². The number of halogens is 2. The number of ether oxygens (including phenoxy) is 1. The molecule has 1 aliphatic heterocycles. The van der Waals surface area contributed by atoms with Gasteiger partial charge in [0.05, 0.1) is 18.2 Å². The first-order valence-electron chi connectivity index (χ1n) is 6.91. The van der Waals surface area contributed by atoms with Gasteiger partial charge in [-0.2, -0.15) is 0 Å². The molecule has 22 heavy (non-hydrogen) atoms. The zero-order chi connectivity index (χ0) is 15.5. The fourth-order valence-electron chi connectivity index (χ4n) is 2.43. The van der Waals surface area contributed by atoms with Crippen LogP contribution in [0.15, 0.2) is 42.7 Å². The molecule has 0 radical (unpaired) electrons. The third-order valence-corrected chi connectivity index (χ3v) is 3.89. The van der Waals surface area contributed by atoms with E-state index in [-0.39, 0.29) is 17.0 Å². The molecule has 0 spiro atoms. The minimum absolute atomic E-state index is 0.0511. The lowest BCUT2D eigenvalue weighted by Crippen LogP contribution is -2.42. The number of nitrogens with zero attached hydrogens (tertiary/aromatic N) is 2. The highest BCUT2D eigenvalue weighted by Crippen LogP contribution is 2.24. The molecule has 114 valence electrons. The minimum Gasteiger partial charge on any atom is -0.370 e. The van der Waals surface area contributed by atoms with Gasteiger partial charge in [-0.1, -0.05) is 11.6 Å². The topological polar surface area (TPSA) is 42.4 Å². The summed E-state index contributed by atoms with van der Waals surface area (Å²) in [7, 11) is 0. The molecule has 1 aromatic carbocycles. The largest absolute Gasteiger partial charge is 0.370 e. The van der Waals surface area contributed by atoms with Crippen molar-refractivity contribution in [1.29, 1.82) is 0 Å². The summed E-state index contributed by atoms with van der Waals surface area (Å²) in [6, 6.07) is 7.74. The van der Waals surface area contributed by atoms with Crippen molar-refractivity contribution in [2.45, 2.75) is 6.10 Å². The second kappa shape index (κ2) is 6.42. The van der Waals surface area contributed by atoms with Gasteiger partial charge in [0.2, 0.25) is 0 Å². The summed E-state index contributed by atoms with van der Waals surface area (Å²) in [5, 5.41) is -0.0511. The van der Waals surface area contributed by atoms with Crippen LogP contribution in [-0.4, -0.2) is 35.5 Å². The first-order chi connectivity index (χ1) is 10.6. The molecule has 0 N–H and O–H groups in total. The monoisotopic (exact) mass is 320 g/mol. The third-order valence-electron chi connectivity index (χ3n) is 3.60. The predicted octanol–water partition coefficient (Wildman–Crippen LogP) is 3.09. The van der Waals surface area contributed by atoms with Crippen molar-refractivity contribution in [1.82, 2.24) is 9.88 Å². The van der Waals surface area contributed by atoms with Gasteiger partial charge in [0.25, 0.3) is 5.91 Å². The van der Waals surface area contributed by atoms with E-state index < -0.39 is 5.82 Å². The van der Waals surface area contributed by atoms with Crippen molar-refractivity contribution in [2.24, 2.45) is 0 Å². The van der Waals surface area contributed by atoms with E-state index >= 15 is 0 Å². The lowest BCUT2D eigenvalue weighted by atomic mass is 10.1. The molecule has 1 atom stereocenters. The van der Waals surface area contributed by atoms with Crippen molar-refractivity contribution >= 4 is 17.5 Å². The van der Waals surface area contributed by atoms with Gasteiger partial charge in [-0.3, -0.25) is 9.78 Å². The molecule has 1 aromatic heterocycles. The van der Waals surface area contributed by atoms with E-state index in [9.17, 15) is 9.18 Å².